The molecule has 1 amide bonds. The number of carbonyl (C=O) groups is 2. The summed E-state index contributed by atoms with van der Waals surface area (Å²) in [7, 11) is 0. The molecule has 33 heavy (non-hydrogen) atoms. The summed E-state index contributed by atoms with van der Waals surface area (Å²) in [6, 6.07) is 14.3. The molecule has 1 aliphatic heterocycles. The molecule has 6 nitrogen and oxygen atoms in total. The number of aromatic nitrogens is 2. The third kappa shape index (κ3) is 4.97. The van der Waals surface area contributed by atoms with Crippen molar-refractivity contribution in [3.63, 3.8) is 0 Å². The topological polar surface area (TPSA) is 76.3 Å². The monoisotopic (exact) mass is 485 g/mol. The van der Waals surface area contributed by atoms with Crippen LogP contribution in [0.25, 0.3) is 0 Å². The van der Waals surface area contributed by atoms with Crippen LogP contribution in [-0.2, 0) is 16.0 Å². The fraction of sp³-hybridized carbons (Fsp3) is 0.360. The van der Waals surface area contributed by atoms with Gasteiger partial charge in [0.05, 0.1) is 12.1 Å². The minimum absolute atomic E-state index is 0.0481. The molecule has 0 N–H and O–H groups in total. The highest BCUT2D eigenvalue weighted by Crippen LogP contribution is 2.47. The van der Waals surface area contributed by atoms with E-state index >= 15 is 0 Å². The maximum absolute atomic E-state index is 13.9. The van der Waals surface area contributed by atoms with Gasteiger partial charge in [-0.1, -0.05) is 54.4 Å². The molecule has 0 spiro atoms. The smallest absolute Gasteiger partial charge is 0.227 e. The summed E-state index contributed by atoms with van der Waals surface area (Å²) >= 11 is 12.5. The molecule has 1 fully saturated rings. The van der Waals surface area contributed by atoms with E-state index in [1.807, 2.05) is 55.5 Å². The average Bonchev–Trinajstić information content (AvgIpc) is 3.30. The van der Waals surface area contributed by atoms with Gasteiger partial charge in [-0.15, -0.1) is 10.2 Å². The number of hydrogen-bond acceptors (Lipinski definition) is 5. The highest BCUT2D eigenvalue weighted by Gasteiger charge is 2.46. The van der Waals surface area contributed by atoms with E-state index < -0.39 is 12.0 Å². The lowest BCUT2D eigenvalue weighted by molar-refractivity contribution is -0.151. The summed E-state index contributed by atoms with van der Waals surface area (Å²) in [6.07, 6.45) is 2.64. The molecule has 1 saturated heterocycles. The van der Waals surface area contributed by atoms with Crippen LogP contribution in [0.3, 0.4) is 0 Å². The molecule has 1 aliphatic rings. The largest absolute Gasteiger partial charge is 0.428 e. The first-order valence-electron chi connectivity index (χ1n) is 11.0. The Morgan fingerprint density at radius 3 is 2.52 bits per heavy atom. The first-order chi connectivity index (χ1) is 15.9. The fourth-order valence-corrected chi connectivity index (χ4v) is 5.20. The van der Waals surface area contributed by atoms with Crippen LogP contribution in [0.2, 0.25) is 10.0 Å². The normalized spacial score (nSPS) is 21.8. The van der Waals surface area contributed by atoms with Crippen LogP contribution in [0.1, 0.15) is 55.7 Å². The van der Waals surface area contributed by atoms with Gasteiger partial charge in [-0.25, -0.2) is 0 Å². The van der Waals surface area contributed by atoms with Crippen LogP contribution in [0.4, 0.5) is 0 Å². The molecule has 1 unspecified atom stereocenters. The molecular weight excluding hydrogens is 461 g/mol. The SMILES string of the molecule is CC[C@@H](C(C)=O)N1C(=O)[C@@H](Cc2nnco2)C[C@H](c2cccc(Cl)c2)C1c1ccc(Cl)cc1. The van der Waals surface area contributed by atoms with Crippen molar-refractivity contribution >= 4 is 34.9 Å². The van der Waals surface area contributed by atoms with E-state index in [4.69, 9.17) is 27.6 Å². The van der Waals surface area contributed by atoms with Crippen LogP contribution in [0, 0.1) is 5.92 Å². The second-order valence-corrected chi connectivity index (χ2v) is 9.28. The molecule has 0 aliphatic carbocycles. The Bertz CT molecular complexity index is 1120. The van der Waals surface area contributed by atoms with Crippen LogP contribution < -0.4 is 0 Å². The lowest BCUT2D eigenvalue weighted by Crippen LogP contribution is -2.54. The zero-order valence-corrected chi connectivity index (χ0v) is 20.0. The van der Waals surface area contributed by atoms with E-state index in [1.165, 1.54) is 13.3 Å². The van der Waals surface area contributed by atoms with Crippen molar-refractivity contribution in [2.45, 2.75) is 51.1 Å². The third-order valence-electron chi connectivity index (χ3n) is 6.33. The van der Waals surface area contributed by atoms with Gasteiger partial charge in [0, 0.05) is 28.3 Å². The maximum Gasteiger partial charge on any atom is 0.227 e. The van der Waals surface area contributed by atoms with Gasteiger partial charge in [0.2, 0.25) is 18.2 Å². The number of nitrogens with zero attached hydrogens (tertiary/aromatic N) is 3. The summed E-state index contributed by atoms with van der Waals surface area (Å²) in [6.45, 7) is 3.46. The highest BCUT2D eigenvalue weighted by molar-refractivity contribution is 6.30. The maximum atomic E-state index is 13.9. The Kier molecular flexibility index (Phi) is 7.15. The Morgan fingerprint density at radius 1 is 1.15 bits per heavy atom. The minimum Gasteiger partial charge on any atom is -0.428 e. The molecule has 3 aromatic rings. The number of Topliss-reactive ketones (excluding diaryl/α,β-unsaturated/α-hetero) is 1. The van der Waals surface area contributed by atoms with Gasteiger partial charge in [-0.05, 0) is 55.2 Å². The van der Waals surface area contributed by atoms with Crippen LogP contribution in [-0.4, -0.2) is 32.8 Å². The zero-order valence-electron chi connectivity index (χ0n) is 18.4. The van der Waals surface area contributed by atoms with Gasteiger partial charge in [-0.3, -0.25) is 9.59 Å². The Hall–Kier alpha value is -2.70. The predicted octanol–water partition coefficient (Wildman–Crippen LogP) is 5.66. The van der Waals surface area contributed by atoms with Crippen molar-refractivity contribution in [2.24, 2.45) is 5.92 Å². The summed E-state index contributed by atoms with van der Waals surface area (Å²) in [4.78, 5) is 28.3. The number of hydrogen-bond donors (Lipinski definition) is 0. The first-order valence-corrected chi connectivity index (χ1v) is 11.7. The lowest BCUT2D eigenvalue weighted by Gasteiger charge is -2.47. The Labute approximate surface area is 202 Å². The number of rotatable bonds is 7. The molecule has 2 heterocycles. The number of likely N-dealkylation sites (tertiary alicyclic amines) is 1. The van der Waals surface area contributed by atoms with Gasteiger partial charge >= 0.3 is 0 Å². The van der Waals surface area contributed by atoms with E-state index in [-0.39, 0.29) is 23.7 Å². The summed E-state index contributed by atoms with van der Waals surface area (Å²) in [5, 5.41) is 8.96. The van der Waals surface area contributed by atoms with Gasteiger partial charge in [0.15, 0.2) is 5.78 Å². The van der Waals surface area contributed by atoms with Crippen molar-refractivity contribution in [1.82, 2.24) is 15.1 Å². The van der Waals surface area contributed by atoms with Crippen molar-refractivity contribution in [3.8, 4) is 0 Å². The molecule has 4 rings (SSSR count). The summed E-state index contributed by atoms with van der Waals surface area (Å²) < 4.78 is 5.34. The molecule has 0 saturated carbocycles. The number of benzene rings is 2. The molecule has 4 atom stereocenters. The van der Waals surface area contributed by atoms with Crippen LogP contribution in [0.5, 0.6) is 0 Å². The molecule has 172 valence electrons. The summed E-state index contributed by atoms with van der Waals surface area (Å²) in [5.74, 6) is -0.240. The van der Waals surface area contributed by atoms with Crippen molar-refractivity contribution < 1.29 is 14.0 Å². The molecule has 8 heteroatoms. The second-order valence-electron chi connectivity index (χ2n) is 8.41. The van der Waals surface area contributed by atoms with E-state index in [2.05, 4.69) is 10.2 Å². The van der Waals surface area contributed by atoms with E-state index in [1.54, 1.807) is 4.90 Å². The van der Waals surface area contributed by atoms with E-state index in [9.17, 15) is 9.59 Å². The number of amides is 1. The minimum atomic E-state index is -0.551. The van der Waals surface area contributed by atoms with Crippen molar-refractivity contribution in [3.05, 3.63) is 82.0 Å². The lowest BCUT2D eigenvalue weighted by atomic mass is 9.74. The van der Waals surface area contributed by atoms with Crippen LogP contribution in [0.15, 0.2) is 59.3 Å². The van der Waals surface area contributed by atoms with Gasteiger partial charge < -0.3 is 9.32 Å². The van der Waals surface area contributed by atoms with Crippen LogP contribution >= 0.6 is 23.2 Å². The number of ketones is 1. The van der Waals surface area contributed by atoms with Gasteiger partial charge in [-0.2, -0.15) is 0 Å². The highest BCUT2D eigenvalue weighted by atomic mass is 35.5. The van der Waals surface area contributed by atoms with Gasteiger partial charge in [0.25, 0.3) is 0 Å². The average molecular weight is 486 g/mol. The standard InChI is InChI=1S/C25H25Cl2N3O3/c1-3-22(15(2)31)30-24(16-7-9-19(26)10-8-16)21(17-5-4-6-20(27)11-17)12-18(25(30)32)13-23-29-28-14-33-23/h4-11,14,18,21-22,24H,3,12-13H2,1-2H3/t18-,21-,22+,24?/m1/s1. The molecule has 0 bridgehead atoms. The quantitative estimate of drug-likeness (QED) is 0.431. The zero-order chi connectivity index (χ0) is 23.5. The van der Waals surface area contributed by atoms with Gasteiger partial charge in [0.1, 0.15) is 0 Å². The molecule has 1 aromatic heterocycles. The van der Waals surface area contributed by atoms with Crippen molar-refractivity contribution in [2.75, 3.05) is 0 Å². The predicted molar refractivity (Wildman–Crippen MR) is 126 cm³/mol. The fourth-order valence-electron chi connectivity index (χ4n) is 4.88. The number of halogens is 2. The van der Waals surface area contributed by atoms with E-state index in [0.29, 0.717) is 35.2 Å². The Balaban J connectivity index is 1.86. The van der Waals surface area contributed by atoms with Crippen molar-refractivity contribution in [1.29, 1.82) is 0 Å². The Morgan fingerprint density at radius 2 is 1.91 bits per heavy atom. The third-order valence-corrected chi connectivity index (χ3v) is 6.82. The molecule has 0 radical (unpaired) electrons. The van der Waals surface area contributed by atoms with E-state index in [0.717, 1.165) is 11.1 Å². The summed E-state index contributed by atoms with van der Waals surface area (Å²) in [5.41, 5.74) is 1.93. The second kappa shape index (κ2) is 10.1. The molecule has 2 aromatic carbocycles. The first kappa shape index (κ1) is 23.5. The molecular formula is C25H25Cl2N3O3. The number of piperidine rings is 1. The number of carbonyl (C=O) groups excluding carboxylic acids is 2.